The van der Waals surface area contributed by atoms with Crippen LogP contribution in [0.4, 0.5) is 0 Å². The maximum Gasteiger partial charge on any atom is 0.0708 e. The van der Waals surface area contributed by atoms with Gasteiger partial charge in [-0.15, -0.1) is 0 Å². The van der Waals surface area contributed by atoms with Crippen LogP contribution in [0.2, 0.25) is 0 Å². The monoisotopic (exact) mass is 297 g/mol. The van der Waals surface area contributed by atoms with Gasteiger partial charge in [0.15, 0.2) is 0 Å². The van der Waals surface area contributed by atoms with Gasteiger partial charge >= 0.3 is 0 Å². The van der Waals surface area contributed by atoms with Gasteiger partial charge in [0.25, 0.3) is 0 Å². The minimum absolute atomic E-state index is 0.969. The van der Waals surface area contributed by atoms with Crippen LogP contribution in [0.15, 0.2) is 85.3 Å². The average molecular weight is 297 g/mol. The van der Waals surface area contributed by atoms with E-state index >= 15 is 0 Å². The van der Waals surface area contributed by atoms with Gasteiger partial charge in [0.1, 0.15) is 0 Å². The maximum atomic E-state index is 4.53. The Kier molecular flexibility index (Phi) is 3.45. The Morgan fingerprint density at radius 1 is 0.652 bits per heavy atom. The van der Waals surface area contributed by atoms with Crippen LogP contribution in [0.25, 0.3) is 33.5 Å². The fourth-order valence-electron chi connectivity index (χ4n) is 2.67. The van der Waals surface area contributed by atoms with Crippen molar-refractivity contribution in [3.05, 3.63) is 85.3 Å². The fraction of sp³-hybridized carbons (Fsp3) is 0. The van der Waals surface area contributed by atoms with Gasteiger partial charge in [0, 0.05) is 23.5 Å². The van der Waals surface area contributed by atoms with Crippen molar-refractivity contribution in [2.45, 2.75) is 0 Å². The van der Waals surface area contributed by atoms with Gasteiger partial charge in [-0.3, -0.25) is 10.1 Å². The highest BCUT2D eigenvalue weighted by Crippen LogP contribution is 2.27. The largest absolute Gasteiger partial charge is 0.285 e. The number of nitrogens with one attached hydrogen (secondary N) is 1. The molecule has 0 aliphatic heterocycles. The Labute approximate surface area is 134 Å². The zero-order chi connectivity index (χ0) is 15.5. The molecule has 0 aliphatic rings. The summed E-state index contributed by atoms with van der Waals surface area (Å²) in [6, 6.07) is 22.9. The van der Waals surface area contributed by atoms with E-state index in [1.807, 2.05) is 30.7 Å². The van der Waals surface area contributed by atoms with Crippen molar-refractivity contribution in [3.63, 3.8) is 0 Å². The van der Waals surface area contributed by atoms with Crippen LogP contribution in [0.5, 0.6) is 0 Å². The molecule has 3 nitrogen and oxygen atoms in total. The second-order valence-electron chi connectivity index (χ2n) is 5.36. The van der Waals surface area contributed by atoms with E-state index in [4.69, 9.17) is 0 Å². The van der Waals surface area contributed by atoms with Gasteiger partial charge in [-0.2, -0.15) is 5.10 Å². The van der Waals surface area contributed by atoms with Crippen LogP contribution in [-0.2, 0) is 0 Å². The van der Waals surface area contributed by atoms with Crippen LogP contribution in [0.3, 0.4) is 0 Å². The van der Waals surface area contributed by atoms with Gasteiger partial charge in [0.05, 0.1) is 11.9 Å². The van der Waals surface area contributed by atoms with Gasteiger partial charge in [-0.05, 0) is 34.9 Å². The lowest BCUT2D eigenvalue weighted by molar-refractivity contribution is 1.09. The molecule has 4 rings (SSSR count). The van der Waals surface area contributed by atoms with Crippen LogP contribution in [0, 0.1) is 0 Å². The van der Waals surface area contributed by atoms with Crippen molar-refractivity contribution in [1.82, 2.24) is 15.2 Å². The van der Waals surface area contributed by atoms with Crippen LogP contribution < -0.4 is 0 Å². The van der Waals surface area contributed by atoms with Gasteiger partial charge < -0.3 is 0 Å². The molecule has 4 aromatic rings. The molecule has 0 saturated carbocycles. The van der Waals surface area contributed by atoms with E-state index in [9.17, 15) is 0 Å². The van der Waals surface area contributed by atoms with Gasteiger partial charge in [-0.1, -0.05) is 48.5 Å². The van der Waals surface area contributed by atoms with Gasteiger partial charge in [-0.25, -0.2) is 0 Å². The topological polar surface area (TPSA) is 41.6 Å². The normalized spacial score (nSPS) is 10.6. The summed E-state index contributed by atoms with van der Waals surface area (Å²) in [7, 11) is 0. The highest BCUT2D eigenvalue weighted by molar-refractivity contribution is 5.74. The summed E-state index contributed by atoms with van der Waals surface area (Å²) >= 11 is 0. The number of hydrogen-bond acceptors (Lipinski definition) is 2. The molecule has 23 heavy (non-hydrogen) atoms. The maximum absolute atomic E-state index is 4.53. The first kappa shape index (κ1) is 13.5. The van der Waals surface area contributed by atoms with Gasteiger partial charge in [0.2, 0.25) is 0 Å². The first-order valence-electron chi connectivity index (χ1n) is 7.51. The SMILES string of the molecule is c1ccc(-c2ccnc(-c3cccc(-c4cn[nH]c4)c3)c2)cc1. The summed E-state index contributed by atoms with van der Waals surface area (Å²) in [5, 5.41) is 6.87. The summed E-state index contributed by atoms with van der Waals surface area (Å²) in [5.74, 6) is 0. The molecule has 0 spiro atoms. The molecule has 2 heterocycles. The number of H-pyrrole nitrogens is 1. The minimum atomic E-state index is 0.969. The number of hydrogen-bond donors (Lipinski definition) is 1. The molecular weight excluding hydrogens is 282 g/mol. The molecular formula is C20H15N3. The molecule has 1 N–H and O–H groups in total. The molecule has 3 heteroatoms. The van der Waals surface area contributed by atoms with E-state index in [0.29, 0.717) is 0 Å². The molecule has 110 valence electrons. The lowest BCUT2D eigenvalue weighted by atomic mass is 10.0. The summed E-state index contributed by atoms with van der Waals surface area (Å²) in [4.78, 5) is 4.53. The second-order valence-corrected chi connectivity index (χ2v) is 5.36. The number of aromatic nitrogens is 3. The molecule has 0 amide bonds. The second kappa shape index (κ2) is 5.89. The van der Waals surface area contributed by atoms with E-state index in [1.54, 1.807) is 0 Å². The third-order valence-corrected chi connectivity index (χ3v) is 3.86. The lowest BCUT2D eigenvalue weighted by Crippen LogP contribution is -1.86. The Morgan fingerprint density at radius 2 is 1.43 bits per heavy atom. The number of benzene rings is 2. The fourth-order valence-corrected chi connectivity index (χ4v) is 2.67. The van der Waals surface area contributed by atoms with Crippen molar-refractivity contribution >= 4 is 0 Å². The lowest BCUT2D eigenvalue weighted by Gasteiger charge is -2.06. The number of aromatic amines is 1. The van der Waals surface area contributed by atoms with Crippen molar-refractivity contribution < 1.29 is 0 Å². The summed E-state index contributed by atoms with van der Waals surface area (Å²) < 4.78 is 0. The van der Waals surface area contributed by atoms with Crippen LogP contribution in [-0.4, -0.2) is 15.2 Å². The van der Waals surface area contributed by atoms with E-state index in [-0.39, 0.29) is 0 Å². The summed E-state index contributed by atoms with van der Waals surface area (Å²) in [5.41, 5.74) is 6.64. The molecule has 0 radical (unpaired) electrons. The highest BCUT2D eigenvalue weighted by Gasteiger charge is 2.05. The van der Waals surface area contributed by atoms with E-state index in [2.05, 4.69) is 69.8 Å². The predicted octanol–water partition coefficient (Wildman–Crippen LogP) is 4.81. The Morgan fingerprint density at radius 3 is 2.26 bits per heavy atom. The first-order valence-corrected chi connectivity index (χ1v) is 7.51. The van der Waals surface area contributed by atoms with Crippen molar-refractivity contribution in [2.24, 2.45) is 0 Å². The molecule has 0 fully saturated rings. The first-order chi connectivity index (χ1) is 11.4. The quantitative estimate of drug-likeness (QED) is 0.590. The van der Waals surface area contributed by atoms with Crippen molar-refractivity contribution in [2.75, 3.05) is 0 Å². The molecule has 0 aliphatic carbocycles. The highest BCUT2D eigenvalue weighted by atomic mass is 15.1. The summed E-state index contributed by atoms with van der Waals surface area (Å²) in [6.45, 7) is 0. The minimum Gasteiger partial charge on any atom is -0.285 e. The molecule has 0 unspecified atom stereocenters. The third-order valence-electron chi connectivity index (χ3n) is 3.86. The zero-order valence-corrected chi connectivity index (χ0v) is 12.5. The third kappa shape index (κ3) is 2.77. The summed E-state index contributed by atoms with van der Waals surface area (Å²) in [6.07, 6.45) is 5.59. The van der Waals surface area contributed by atoms with Crippen LogP contribution >= 0.6 is 0 Å². The number of nitrogens with zero attached hydrogens (tertiary/aromatic N) is 2. The zero-order valence-electron chi connectivity index (χ0n) is 12.5. The smallest absolute Gasteiger partial charge is 0.0708 e. The van der Waals surface area contributed by atoms with Crippen LogP contribution in [0.1, 0.15) is 0 Å². The standard InChI is InChI=1S/C20H15N3/c1-2-5-15(6-3-1)17-9-10-21-20(12-17)18-8-4-7-16(11-18)19-13-22-23-14-19/h1-14H,(H,22,23). The van der Waals surface area contributed by atoms with E-state index in [0.717, 1.165) is 22.4 Å². The Balaban J connectivity index is 1.75. The van der Waals surface area contributed by atoms with Crippen molar-refractivity contribution in [1.29, 1.82) is 0 Å². The predicted molar refractivity (Wildman–Crippen MR) is 92.7 cm³/mol. The van der Waals surface area contributed by atoms with E-state index < -0.39 is 0 Å². The molecule has 0 bridgehead atoms. The number of rotatable bonds is 3. The Bertz CT molecular complexity index is 913. The molecule has 0 atom stereocenters. The Hall–Kier alpha value is -3.20. The number of pyridine rings is 1. The molecule has 2 aromatic carbocycles. The van der Waals surface area contributed by atoms with Crippen molar-refractivity contribution in [3.8, 4) is 33.5 Å². The molecule has 2 aromatic heterocycles. The molecule has 0 saturated heterocycles. The van der Waals surface area contributed by atoms with E-state index in [1.165, 1.54) is 11.1 Å². The average Bonchev–Trinajstić information content (AvgIpc) is 3.18.